The van der Waals surface area contributed by atoms with Crippen molar-refractivity contribution < 1.29 is 14.7 Å². The number of rotatable bonds is 3. The highest BCUT2D eigenvalue weighted by molar-refractivity contribution is 5.76. The topological polar surface area (TPSA) is 66.4 Å². The summed E-state index contributed by atoms with van der Waals surface area (Å²) in [4.78, 5) is 21.6. The Balaban J connectivity index is 2.33. The molecule has 0 aromatic heterocycles. The Bertz CT molecular complexity index is 215. The van der Waals surface area contributed by atoms with Gasteiger partial charge in [-0.2, -0.15) is 0 Å². The van der Waals surface area contributed by atoms with Crippen LogP contribution in [0.25, 0.3) is 0 Å². The Morgan fingerprint density at radius 3 is 2.62 bits per heavy atom. The Kier molecular flexibility index (Phi) is 3.28. The van der Waals surface area contributed by atoms with Crippen LogP contribution in [0.3, 0.4) is 0 Å². The Labute approximate surface area is 77.3 Å². The molecule has 0 aliphatic heterocycles. The zero-order valence-corrected chi connectivity index (χ0v) is 7.75. The van der Waals surface area contributed by atoms with E-state index in [2.05, 4.69) is 5.32 Å². The summed E-state index contributed by atoms with van der Waals surface area (Å²) in [7, 11) is 0. The molecule has 0 spiro atoms. The predicted molar refractivity (Wildman–Crippen MR) is 47.2 cm³/mol. The average Bonchev–Trinajstić information content (AvgIpc) is 2.52. The van der Waals surface area contributed by atoms with Crippen LogP contribution in [0, 0.1) is 5.92 Å². The molecule has 1 fully saturated rings. The van der Waals surface area contributed by atoms with Crippen molar-refractivity contribution in [1.29, 1.82) is 0 Å². The third-order valence-corrected chi connectivity index (χ3v) is 2.47. The van der Waals surface area contributed by atoms with Crippen molar-refractivity contribution >= 4 is 11.9 Å². The zero-order valence-electron chi connectivity index (χ0n) is 7.75. The van der Waals surface area contributed by atoms with Crippen LogP contribution in [-0.2, 0) is 9.59 Å². The first-order valence-corrected chi connectivity index (χ1v) is 4.65. The summed E-state index contributed by atoms with van der Waals surface area (Å²) in [6.45, 7) is 1.79. The van der Waals surface area contributed by atoms with Crippen molar-refractivity contribution in [2.24, 2.45) is 5.92 Å². The molecular formula is C9H15NO3. The van der Waals surface area contributed by atoms with E-state index in [0.29, 0.717) is 19.3 Å². The minimum Gasteiger partial charge on any atom is -0.481 e. The van der Waals surface area contributed by atoms with Gasteiger partial charge in [-0.1, -0.05) is 6.92 Å². The minimum atomic E-state index is -0.742. The van der Waals surface area contributed by atoms with E-state index in [9.17, 15) is 9.59 Å². The number of carboxylic acids is 1. The standard InChI is InChI=1S/C9H15NO3/c1-2-8(11)10-7-4-3-6(5-7)9(12)13/h6-7H,2-5H2,1H3,(H,10,11)(H,12,13). The van der Waals surface area contributed by atoms with Crippen LogP contribution in [0.2, 0.25) is 0 Å². The molecule has 13 heavy (non-hydrogen) atoms. The average molecular weight is 185 g/mol. The van der Waals surface area contributed by atoms with E-state index < -0.39 is 5.97 Å². The molecule has 1 aliphatic rings. The van der Waals surface area contributed by atoms with Crippen LogP contribution in [0.5, 0.6) is 0 Å². The monoisotopic (exact) mass is 185 g/mol. The highest BCUT2D eigenvalue weighted by Crippen LogP contribution is 2.25. The van der Waals surface area contributed by atoms with Gasteiger partial charge < -0.3 is 10.4 Å². The highest BCUT2D eigenvalue weighted by atomic mass is 16.4. The van der Waals surface area contributed by atoms with E-state index >= 15 is 0 Å². The summed E-state index contributed by atoms with van der Waals surface area (Å²) in [6.07, 6.45) is 2.53. The van der Waals surface area contributed by atoms with Gasteiger partial charge in [-0.25, -0.2) is 0 Å². The zero-order chi connectivity index (χ0) is 9.84. The number of carbonyl (C=O) groups excluding carboxylic acids is 1. The molecule has 1 aliphatic carbocycles. The molecule has 2 N–H and O–H groups in total. The normalized spacial score (nSPS) is 27.2. The van der Waals surface area contributed by atoms with Gasteiger partial charge in [0.05, 0.1) is 5.92 Å². The van der Waals surface area contributed by atoms with Crippen LogP contribution in [0.1, 0.15) is 32.6 Å². The second-order valence-electron chi connectivity index (χ2n) is 3.47. The Morgan fingerprint density at radius 2 is 2.15 bits per heavy atom. The number of carboxylic acid groups (broad SMARTS) is 1. The molecule has 1 amide bonds. The summed E-state index contributed by atoms with van der Waals surface area (Å²) in [5.74, 6) is -0.994. The summed E-state index contributed by atoms with van der Waals surface area (Å²) in [6, 6.07) is 0.0774. The number of hydrogen-bond acceptors (Lipinski definition) is 2. The number of amides is 1. The summed E-state index contributed by atoms with van der Waals surface area (Å²) >= 11 is 0. The molecule has 4 nitrogen and oxygen atoms in total. The van der Waals surface area contributed by atoms with Crippen molar-refractivity contribution in [1.82, 2.24) is 5.32 Å². The number of aliphatic carboxylic acids is 1. The lowest BCUT2D eigenvalue weighted by Gasteiger charge is -2.10. The third-order valence-electron chi connectivity index (χ3n) is 2.47. The Hall–Kier alpha value is -1.06. The van der Waals surface area contributed by atoms with Crippen molar-refractivity contribution in [2.75, 3.05) is 0 Å². The van der Waals surface area contributed by atoms with Gasteiger partial charge in [0.15, 0.2) is 0 Å². The van der Waals surface area contributed by atoms with E-state index in [4.69, 9.17) is 5.11 Å². The van der Waals surface area contributed by atoms with E-state index in [1.807, 2.05) is 0 Å². The maximum Gasteiger partial charge on any atom is 0.306 e. The Morgan fingerprint density at radius 1 is 1.46 bits per heavy atom. The van der Waals surface area contributed by atoms with E-state index in [1.165, 1.54) is 0 Å². The number of nitrogens with one attached hydrogen (secondary N) is 1. The second-order valence-corrected chi connectivity index (χ2v) is 3.47. The quantitative estimate of drug-likeness (QED) is 0.682. The van der Waals surface area contributed by atoms with Gasteiger partial charge in [0.2, 0.25) is 5.91 Å². The predicted octanol–water partition coefficient (Wildman–Crippen LogP) is 0.766. The molecule has 74 valence electrons. The summed E-state index contributed by atoms with van der Waals surface area (Å²) < 4.78 is 0. The molecule has 1 rings (SSSR count). The SMILES string of the molecule is CCC(=O)NC1CCC(C(=O)O)C1. The van der Waals surface area contributed by atoms with Crippen LogP contribution < -0.4 is 5.32 Å². The van der Waals surface area contributed by atoms with E-state index in [-0.39, 0.29) is 17.9 Å². The van der Waals surface area contributed by atoms with Gasteiger partial charge in [-0.05, 0) is 19.3 Å². The molecule has 2 unspecified atom stereocenters. The molecule has 1 saturated carbocycles. The molecule has 0 aromatic rings. The summed E-state index contributed by atoms with van der Waals surface area (Å²) in [5, 5.41) is 11.5. The molecule has 0 bridgehead atoms. The maximum atomic E-state index is 11.0. The van der Waals surface area contributed by atoms with Gasteiger partial charge in [-0.15, -0.1) is 0 Å². The van der Waals surface area contributed by atoms with Crippen LogP contribution >= 0.6 is 0 Å². The smallest absolute Gasteiger partial charge is 0.306 e. The summed E-state index contributed by atoms with van der Waals surface area (Å²) in [5.41, 5.74) is 0. The van der Waals surface area contributed by atoms with Crippen molar-refractivity contribution in [3.63, 3.8) is 0 Å². The van der Waals surface area contributed by atoms with Gasteiger partial charge in [0, 0.05) is 12.5 Å². The third kappa shape index (κ3) is 2.72. The maximum absolute atomic E-state index is 11.0. The fraction of sp³-hybridized carbons (Fsp3) is 0.778. The molecule has 4 heteroatoms. The first-order chi connectivity index (χ1) is 6.13. The van der Waals surface area contributed by atoms with Gasteiger partial charge in [-0.3, -0.25) is 9.59 Å². The van der Waals surface area contributed by atoms with Crippen molar-refractivity contribution in [2.45, 2.75) is 38.6 Å². The molecular weight excluding hydrogens is 170 g/mol. The fourth-order valence-corrected chi connectivity index (χ4v) is 1.67. The number of carbonyl (C=O) groups is 2. The van der Waals surface area contributed by atoms with Crippen molar-refractivity contribution in [3.8, 4) is 0 Å². The van der Waals surface area contributed by atoms with Crippen LogP contribution in [-0.4, -0.2) is 23.0 Å². The first kappa shape index (κ1) is 10.0. The molecule has 0 aromatic carbocycles. The lowest BCUT2D eigenvalue weighted by Crippen LogP contribution is -2.32. The van der Waals surface area contributed by atoms with Crippen LogP contribution in [0.15, 0.2) is 0 Å². The number of hydrogen-bond donors (Lipinski definition) is 2. The second kappa shape index (κ2) is 4.25. The largest absolute Gasteiger partial charge is 0.481 e. The van der Waals surface area contributed by atoms with Gasteiger partial charge >= 0.3 is 5.97 Å². The lowest BCUT2D eigenvalue weighted by molar-refractivity contribution is -0.141. The highest BCUT2D eigenvalue weighted by Gasteiger charge is 2.29. The molecule has 0 radical (unpaired) electrons. The van der Waals surface area contributed by atoms with Crippen LogP contribution in [0.4, 0.5) is 0 Å². The fourth-order valence-electron chi connectivity index (χ4n) is 1.67. The minimum absolute atomic E-state index is 0.0102. The molecule has 0 saturated heterocycles. The van der Waals surface area contributed by atoms with E-state index in [1.54, 1.807) is 6.92 Å². The van der Waals surface area contributed by atoms with Gasteiger partial charge in [0.1, 0.15) is 0 Å². The first-order valence-electron chi connectivity index (χ1n) is 4.65. The van der Waals surface area contributed by atoms with Gasteiger partial charge in [0.25, 0.3) is 0 Å². The molecule has 0 heterocycles. The van der Waals surface area contributed by atoms with Crippen molar-refractivity contribution in [3.05, 3.63) is 0 Å². The lowest BCUT2D eigenvalue weighted by atomic mass is 10.1. The molecule has 2 atom stereocenters. The van der Waals surface area contributed by atoms with E-state index in [0.717, 1.165) is 6.42 Å².